The molecule has 3 heteroatoms. The van der Waals surface area contributed by atoms with Crippen molar-refractivity contribution < 1.29 is 0 Å². The van der Waals surface area contributed by atoms with Crippen LogP contribution in [0.1, 0.15) is 12.8 Å². The van der Waals surface area contributed by atoms with Gasteiger partial charge in [-0.05, 0) is 19.4 Å². The van der Waals surface area contributed by atoms with Crippen LogP contribution in [0.5, 0.6) is 0 Å². The third-order valence-electron chi connectivity index (χ3n) is 2.84. The molecular weight excluding hydrogens is 204 g/mol. The number of halogens is 1. The van der Waals surface area contributed by atoms with E-state index in [9.17, 15) is 0 Å². The highest BCUT2D eigenvalue weighted by molar-refractivity contribution is 9.09. The van der Waals surface area contributed by atoms with E-state index in [-0.39, 0.29) is 0 Å². The van der Waals surface area contributed by atoms with Crippen molar-refractivity contribution in [3.8, 4) is 0 Å². The van der Waals surface area contributed by atoms with Crippen molar-refractivity contribution in [2.75, 3.05) is 31.6 Å². The molecule has 0 aromatic heterocycles. The number of rotatable bonds is 1. The number of piperazine rings is 1. The second kappa shape index (κ2) is 3.42. The van der Waals surface area contributed by atoms with Gasteiger partial charge in [-0.2, -0.15) is 0 Å². The average molecular weight is 219 g/mol. The van der Waals surface area contributed by atoms with Crippen molar-refractivity contribution in [2.24, 2.45) is 0 Å². The van der Waals surface area contributed by atoms with Crippen molar-refractivity contribution in [1.29, 1.82) is 0 Å². The molecule has 0 amide bonds. The fourth-order valence-electron chi connectivity index (χ4n) is 2.16. The van der Waals surface area contributed by atoms with Gasteiger partial charge in [0.1, 0.15) is 0 Å². The molecule has 64 valence electrons. The number of hydrogen-bond acceptors (Lipinski definition) is 2. The lowest BCUT2D eigenvalue weighted by atomic mass is 10.2. The first kappa shape index (κ1) is 8.02. The molecular formula is C8H15BrN2. The van der Waals surface area contributed by atoms with Gasteiger partial charge in [-0.1, -0.05) is 15.9 Å². The van der Waals surface area contributed by atoms with Crippen molar-refractivity contribution in [1.82, 2.24) is 9.80 Å². The monoisotopic (exact) mass is 218 g/mol. The van der Waals surface area contributed by atoms with Crippen LogP contribution in [0.3, 0.4) is 0 Å². The number of nitrogens with zero attached hydrogens (tertiary/aromatic N) is 2. The first-order valence-electron chi connectivity index (χ1n) is 4.42. The van der Waals surface area contributed by atoms with E-state index in [2.05, 4.69) is 25.7 Å². The minimum Gasteiger partial charge on any atom is -0.298 e. The van der Waals surface area contributed by atoms with E-state index >= 15 is 0 Å². The molecule has 0 N–H and O–H groups in total. The molecule has 0 radical (unpaired) electrons. The second-order valence-electron chi connectivity index (χ2n) is 3.53. The summed E-state index contributed by atoms with van der Waals surface area (Å²) < 4.78 is 0. The van der Waals surface area contributed by atoms with E-state index in [1.165, 1.54) is 39.0 Å². The van der Waals surface area contributed by atoms with Crippen LogP contribution in [0.25, 0.3) is 0 Å². The summed E-state index contributed by atoms with van der Waals surface area (Å²) in [5.41, 5.74) is 1.05. The smallest absolute Gasteiger partial charge is 0.0543 e. The van der Waals surface area contributed by atoms with Crippen molar-refractivity contribution in [3.63, 3.8) is 0 Å². The molecule has 0 spiro atoms. The Balaban J connectivity index is 1.91. The van der Waals surface area contributed by atoms with Crippen molar-refractivity contribution >= 4 is 15.9 Å². The van der Waals surface area contributed by atoms with E-state index in [1.807, 2.05) is 0 Å². The van der Waals surface area contributed by atoms with Crippen molar-refractivity contribution in [3.05, 3.63) is 0 Å². The van der Waals surface area contributed by atoms with Gasteiger partial charge < -0.3 is 0 Å². The lowest BCUT2D eigenvalue weighted by Crippen LogP contribution is -2.49. The molecule has 2 rings (SSSR count). The zero-order chi connectivity index (χ0) is 7.68. The highest BCUT2D eigenvalue weighted by Crippen LogP contribution is 2.21. The van der Waals surface area contributed by atoms with E-state index < -0.39 is 0 Å². The molecule has 2 heterocycles. The largest absolute Gasteiger partial charge is 0.298 e. The summed E-state index contributed by atoms with van der Waals surface area (Å²) in [7, 11) is 0. The van der Waals surface area contributed by atoms with Crippen LogP contribution in [0, 0.1) is 0 Å². The quantitative estimate of drug-likeness (QED) is 0.481. The topological polar surface area (TPSA) is 6.48 Å². The fraction of sp³-hybridized carbons (Fsp3) is 1.00. The number of fused-ring (bicyclic) bond motifs is 1. The van der Waals surface area contributed by atoms with Crippen LogP contribution in [-0.4, -0.2) is 47.5 Å². The Morgan fingerprint density at radius 1 is 1.27 bits per heavy atom. The molecule has 11 heavy (non-hydrogen) atoms. The Bertz CT molecular complexity index is 140. The van der Waals surface area contributed by atoms with Gasteiger partial charge in [0.05, 0.1) is 5.45 Å². The highest BCUT2D eigenvalue weighted by atomic mass is 79.9. The number of alkyl halides is 1. The maximum atomic E-state index is 3.52. The van der Waals surface area contributed by atoms with Gasteiger partial charge in [0.25, 0.3) is 0 Å². The molecule has 2 saturated heterocycles. The predicted octanol–water partition coefficient (Wildman–Crippen LogP) is 1.12. The van der Waals surface area contributed by atoms with Crippen LogP contribution >= 0.6 is 15.9 Å². The Labute approximate surface area is 76.7 Å². The van der Waals surface area contributed by atoms with Gasteiger partial charge >= 0.3 is 0 Å². The molecule has 0 bridgehead atoms. The van der Waals surface area contributed by atoms with E-state index in [4.69, 9.17) is 0 Å². The maximum absolute atomic E-state index is 3.52. The fourth-order valence-corrected chi connectivity index (χ4v) is 2.62. The summed E-state index contributed by atoms with van der Waals surface area (Å²) in [4.78, 5) is 5.13. The summed E-state index contributed by atoms with van der Waals surface area (Å²) in [6, 6.07) is 0.876. The van der Waals surface area contributed by atoms with E-state index in [1.54, 1.807) is 0 Å². The predicted molar refractivity (Wildman–Crippen MR) is 50.0 cm³/mol. The summed E-state index contributed by atoms with van der Waals surface area (Å²) in [5.74, 6) is 0. The van der Waals surface area contributed by atoms with Crippen LogP contribution in [0.2, 0.25) is 0 Å². The summed E-state index contributed by atoms with van der Waals surface area (Å²) in [5, 5.41) is 0. The SMILES string of the molecule is BrCN1CCN2CCCC2C1. The van der Waals surface area contributed by atoms with E-state index in [0.29, 0.717) is 0 Å². The van der Waals surface area contributed by atoms with Crippen LogP contribution in [0.15, 0.2) is 0 Å². The van der Waals surface area contributed by atoms with Gasteiger partial charge in [-0.3, -0.25) is 9.80 Å². The first-order chi connectivity index (χ1) is 5.40. The zero-order valence-electron chi connectivity index (χ0n) is 6.80. The molecule has 2 nitrogen and oxygen atoms in total. The minimum atomic E-state index is 0.876. The summed E-state index contributed by atoms with van der Waals surface area (Å²) >= 11 is 3.52. The van der Waals surface area contributed by atoms with E-state index in [0.717, 1.165) is 11.5 Å². The normalized spacial score (nSPS) is 34.1. The van der Waals surface area contributed by atoms with Gasteiger partial charge in [0.2, 0.25) is 0 Å². The Morgan fingerprint density at radius 3 is 3.00 bits per heavy atom. The Morgan fingerprint density at radius 2 is 2.18 bits per heavy atom. The third-order valence-corrected chi connectivity index (χ3v) is 3.55. The standard InChI is InChI=1S/C8H15BrN2/c9-7-10-4-5-11-3-1-2-8(11)6-10/h8H,1-7H2. The average Bonchev–Trinajstić information content (AvgIpc) is 2.50. The maximum Gasteiger partial charge on any atom is 0.0543 e. The lowest BCUT2D eigenvalue weighted by Gasteiger charge is -2.36. The first-order valence-corrected chi connectivity index (χ1v) is 5.54. The van der Waals surface area contributed by atoms with Crippen LogP contribution < -0.4 is 0 Å². The molecule has 0 saturated carbocycles. The summed E-state index contributed by atoms with van der Waals surface area (Å²) in [6.45, 7) is 5.17. The molecule has 0 aliphatic carbocycles. The Hall–Kier alpha value is 0.400. The van der Waals surface area contributed by atoms with Crippen molar-refractivity contribution in [2.45, 2.75) is 18.9 Å². The molecule has 0 aromatic rings. The highest BCUT2D eigenvalue weighted by Gasteiger charge is 2.29. The van der Waals surface area contributed by atoms with Crippen LogP contribution in [0.4, 0.5) is 0 Å². The molecule has 2 aliphatic rings. The van der Waals surface area contributed by atoms with Gasteiger partial charge in [-0.15, -0.1) is 0 Å². The second-order valence-corrected chi connectivity index (χ2v) is 4.03. The van der Waals surface area contributed by atoms with Gasteiger partial charge in [-0.25, -0.2) is 0 Å². The third kappa shape index (κ3) is 1.60. The molecule has 1 atom stereocenters. The molecule has 2 fully saturated rings. The Kier molecular flexibility index (Phi) is 2.49. The van der Waals surface area contributed by atoms with Gasteiger partial charge in [0.15, 0.2) is 0 Å². The lowest BCUT2D eigenvalue weighted by molar-refractivity contribution is 0.121. The minimum absolute atomic E-state index is 0.876. The zero-order valence-corrected chi connectivity index (χ0v) is 8.39. The molecule has 2 aliphatic heterocycles. The van der Waals surface area contributed by atoms with Crippen LogP contribution in [-0.2, 0) is 0 Å². The number of hydrogen-bond donors (Lipinski definition) is 0. The van der Waals surface area contributed by atoms with Gasteiger partial charge in [0, 0.05) is 25.7 Å². The summed E-state index contributed by atoms with van der Waals surface area (Å²) in [6.07, 6.45) is 2.84. The molecule has 1 unspecified atom stereocenters. The molecule has 0 aromatic carbocycles.